The number of aromatic nitrogens is 1. The summed E-state index contributed by atoms with van der Waals surface area (Å²) in [6, 6.07) is 4.01. The minimum absolute atomic E-state index is 0.878. The van der Waals surface area contributed by atoms with Crippen molar-refractivity contribution in [1.82, 2.24) is 4.98 Å². The van der Waals surface area contributed by atoms with E-state index < -0.39 is 0 Å². The molecule has 0 atom stereocenters. The first-order chi connectivity index (χ1) is 5.77. The van der Waals surface area contributed by atoms with Crippen molar-refractivity contribution in [3.05, 3.63) is 35.2 Å². The molecule has 0 saturated heterocycles. The van der Waals surface area contributed by atoms with Gasteiger partial charge in [-0.2, -0.15) is 0 Å². The second kappa shape index (κ2) is 4.12. The molecule has 0 radical (unpaired) electrons. The first-order valence-corrected chi connectivity index (χ1v) is 4.30. The topological polar surface area (TPSA) is 12.9 Å². The van der Waals surface area contributed by atoms with Gasteiger partial charge in [0.2, 0.25) is 0 Å². The minimum atomic E-state index is 0.878. The van der Waals surface area contributed by atoms with Gasteiger partial charge >= 0.3 is 0 Å². The maximum Gasteiger partial charge on any atom is 0.0812 e. The second-order valence-corrected chi connectivity index (χ2v) is 2.78. The molecule has 0 amide bonds. The van der Waals surface area contributed by atoms with E-state index in [2.05, 4.69) is 4.98 Å². The highest BCUT2D eigenvalue weighted by atomic mass is 32.1. The summed E-state index contributed by atoms with van der Waals surface area (Å²) in [5.74, 6) is 0. The zero-order chi connectivity index (χ0) is 8.97. The summed E-state index contributed by atoms with van der Waals surface area (Å²) in [6.45, 7) is 3.94. The Morgan fingerprint density at radius 2 is 2.17 bits per heavy atom. The third kappa shape index (κ3) is 1.98. The van der Waals surface area contributed by atoms with Gasteiger partial charge in [-0.3, -0.25) is 4.98 Å². The Labute approximate surface area is 78.1 Å². The van der Waals surface area contributed by atoms with Crippen LogP contribution in [0.1, 0.15) is 23.9 Å². The molecular formula is C10H11NS. The van der Waals surface area contributed by atoms with Gasteiger partial charge in [0.05, 0.1) is 5.69 Å². The van der Waals surface area contributed by atoms with Gasteiger partial charge in [0.25, 0.3) is 0 Å². The second-order valence-electron chi connectivity index (χ2n) is 2.54. The number of nitrogens with zero attached hydrogens (tertiary/aromatic N) is 1. The van der Waals surface area contributed by atoms with E-state index in [0.29, 0.717) is 0 Å². The molecule has 0 aliphatic heterocycles. The fourth-order valence-electron chi connectivity index (χ4n) is 1.00. The van der Waals surface area contributed by atoms with Crippen LogP contribution in [0.4, 0.5) is 0 Å². The SMILES string of the molecule is C/C=C\c1ccc(C)nc1C=S. The fraction of sp³-hybridized carbons (Fsp3) is 0.200. The van der Waals surface area contributed by atoms with Crippen LogP contribution < -0.4 is 0 Å². The molecule has 0 N–H and O–H groups in total. The van der Waals surface area contributed by atoms with Crippen molar-refractivity contribution < 1.29 is 0 Å². The fourth-order valence-corrected chi connectivity index (χ4v) is 1.19. The molecule has 2 heteroatoms. The third-order valence-electron chi connectivity index (χ3n) is 1.55. The van der Waals surface area contributed by atoms with Crippen molar-refractivity contribution in [2.45, 2.75) is 13.8 Å². The van der Waals surface area contributed by atoms with E-state index >= 15 is 0 Å². The predicted molar refractivity (Wildman–Crippen MR) is 56.4 cm³/mol. The van der Waals surface area contributed by atoms with E-state index in [1.807, 2.05) is 38.1 Å². The Morgan fingerprint density at radius 3 is 2.75 bits per heavy atom. The van der Waals surface area contributed by atoms with Gasteiger partial charge in [-0.05, 0) is 19.9 Å². The number of hydrogen-bond acceptors (Lipinski definition) is 2. The van der Waals surface area contributed by atoms with Crippen LogP contribution in [0.3, 0.4) is 0 Å². The largest absolute Gasteiger partial charge is 0.252 e. The lowest BCUT2D eigenvalue weighted by molar-refractivity contribution is 1.18. The number of hydrogen-bond donors (Lipinski definition) is 0. The summed E-state index contributed by atoms with van der Waals surface area (Å²) in [6.07, 6.45) is 3.99. The van der Waals surface area contributed by atoms with Crippen molar-refractivity contribution in [3.63, 3.8) is 0 Å². The molecule has 0 spiro atoms. The molecule has 1 heterocycles. The van der Waals surface area contributed by atoms with Crippen LogP contribution in [0.25, 0.3) is 6.08 Å². The Morgan fingerprint density at radius 1 is 1.42 bits per heavy atom. The number of allylic oxidation sites excluding steroid dienone is 1. The molecule has 62 valence electrons. The van der Waals surface area contributed by atoms with Crippen LogP contribution >= 0.6 is 12.2 Å². The Bertz CT molecular complexity index is 316. The summed E-state index contributed by atoms with van der Waals surface area (Å²) in [5, 5.41) is 1.61. The summed E-state index contributed by atoms with van der Waals surface area (Å²) in [5.41, 5.74) is 2.96. The number of thiocarbonyl (C=S) groups is 1. The highest BCUT2D eigenvalue weighted by Gasteiger charge is 1.96. The first-order valence-electron chi connectivity index (χ1n) is 3.83. The van der Waals surface area contributed by atoms with Crippen molar-refractivity contribution in [3.8, 4) is 0 Å². The first kappa shape index (κ1) is 9.07. The van der Waals surface area contributed by atoms with Crippen LogP contribution in [-0.2, 0) is 0 Å². The Balaban J connectivity index is 3.19. The lowest BCUT2D eigenvalue weighted by atomic mass is 10.2. The molecule has 0 aliphatic rings. The molecule has 12 heavy (non-hydrogen) atoms. The van der Waals surface area contributed by atoms with Gasteiger partial charge in [0.1, 0.15) is 0 Å². The summed E-state index contributed by atoms with van der Waals surface area (Å²) < 4.78 is 0. The van der Waals surface area contributed by atoms with Crippen LogP contribution in [-0.4, -0.2) is 10.4 Å². The zero-order valence-electron chi connectivity index (χ0n) is 7.24. The highest BCUT2D eigenvalue weighted by Crippen LogP contribution is 2.07. The van der Waals surface area contributed by atoms with Crippen molar-refractivity contribution >= 4 is 23.7 Å². The van der Waals surface area contributed by atoms with Gasteiger partial charge < -0.3 is 0 Å². The van der Waals surface area contributed by atoms with Crippen molar-refractivity contribution in [1.29, 1.82) is 0 Å². The molecular weight excluding hydrogens is 166 g/mol. The molecule has 0 aliphatic carbocycles. The molecule has 1 aromatic heterocycles. The number of pyridine rings is 1. The van der Waals surface area contributed by atoms with Crippen LogP contribution in [0.5, 0.6) is 0 Å². The molecule has 0 bridgehead atoms. The zero-order valence-corrected chi connectivity index (χ0v) is 8.06. The quantitative estimate of drug-likeness (QED) is 0.644. The Hall–Kier alpha value is -1.02. The van der Waals surface area contributed by atoms with Gasteiger partial charge in [-0.25, -0.2) is 0 Å². The van der Waals surface area contributed by atoms with Crippen molar-refractivity contribution in [2.75, 3.05) is 0 Å². The highest BCUT2D eigenvalue weighted by molar-refractivity contribution is 7.79. The molecule has 1 nitrogen and oxygen atoms in total. The maximum atomic E-state index is 4.86. The van der Waals surface area contributed by atoms with E-state index in [4.69, 9.17) is 12.2 Å². The average Bonchev–Trinajstić information content (AvgIpc) is 2.08. The standard InChI is InChI=1S/C10H11NS/c1-3-4-9-6-5-8(2)11-10(9)7-12/h3-7H,1-2H3/b4-3-. The monoisotopic (exact) mass is 177 g/mol. The molecule has 0 unspecified atom stereocenters. The van der Waals surface area contributed by atoms with E-state index in [-0.39, 0.29) is 0 Å². The summed E-state index contributed by atoms with van der Waals surface area (Å²) in [4.78, 5) is 4.30. The average molecular weight is 177 g/mol. The molecule has 0 saturated carbocycles. The summed E-state index contributed by atoms with van der Waals surface area (Å²) in [7, 11) is 0. The lowest BCUT2D eigenvalue weighted by Gasteiger charge is -1.99. The van der Waals surface area contributed by atoms with Crippen LogP contribution in [0.2, 0.25) is 0 Å². The number of rotatable bonds is 2. The van der Waals surface area contributed by atoms with Gasteiger partial charge in [-0.1, -0.05) is 30.4 Å². The minimum Gasteiger partial charge on any atom is -0.252 e. The Kier molecular flexibility index (Phi) is 3.11. The smallest absolute Gasteiger partial charge is 0.0812 e. The van der Waals surface area contributed by atoms with Gasteiger partial charge in [-0.15, -0.1) is 0 Å². The molecule has 1 aromatic rings. The van der Waals surface area contributed by atoms with E-state index in [0.717, 1.165) is 17.0 Å². The molecule has 0 aromatic carbocycles. The van der Waals surface area contributed by atoms with E-state index in [9.17, 15) is 0 Å². The van der Waals surface area contributed by atoms with Crippen LogP contribution in [0.15, 0.2) is 18.2 Å². The number of aryl methyl sites for hydroxylation is 1. The third-order valence-corrected chi connectivity index (χ3v) is 1.78. The maximum absolute atomic E-state index is 4.86. The van der Waals surface area contributed by atoms with Crippen LogP contribution in [0, 0.1) is 6.92 Å². The van der Waals surface area contributed by atoms with Gasteiger partial charge in [0.15, 0.2) is 0 Å². The molecule has 1 rings (SSSR count). The van der Waals surface area contributed by atoms with Gasteiger partial charge in [0, 0.05) is 16.6 Å². The van der Waals surface area contributed by atoms with E-state index in [1.54, 1.807) is 5.37 Å². The summed E-state index contributed by atoms with van der Waals surface area (Å²) >= 11 is 4.86. The normalized spacial score (nSPS) is 10.5. The van der Waals surface area contributed by atoms with E-state index in [1.165, 1.54) is 0 Å². The molecule has 0 fully saturated rings. The predicted octanol–water partition coefficient (Wildman–Crippen LogP) is 2.77. The lowest BCUT2D eigenvalue weighted by Crippen LogP contribution is -1.92. The van der Waals surface area contributed by atoms with Crippen molar-refractivity contribution in [2.24, 2.45) is 0 Å².